The van der Waals surface area contributed by atoms with E-state index in [1.165, 1.54) is 0 Å². The van der Waals surface area contributed by atoms with Gasteiger partial charge in [-0.25, -0.2) is 4.79 Å². The molecule has 0 aliphatic rings. The van der Waals surface area contributed by atoms with Gasteiger partial charge in [-0.2, -0.15) is 0 Å². The van der Waals surface area contributed by atoms with Gasteiger partial charge in [-0.05, 0) is 38.1 Å². The van der Waals surface area contributed by atoms with Gasteiger partial charge in [0.1, 0.15) is 0 Å². The lowest BCUT2D eigenvalue weighted by molar-refractivity contribution is 0.0474. The number of esters is 1. The van der Waals surface area contributed by atoms with Crippen molar-refractivity contribution in [1.29, 1.82) is 0 Å². The molecule has 0 aliphatic heterocycles. The first kappa shape index (κ1) is 18.4. The van der Waals surface area contributed by atoms with Crippen LogP contribution in [0.4, 0.5) is 0 Å². The van der Waals surface area contributed by atoms with E-state index in [1.54, 1.807) is 25.3 Å². The monoisotopic (exact) mass is 393 g/mol. The summed E-state index contributed by atoms with van der Waals surface area (Å²) in [5.74, 6) is -0.729. The summed E-state index contributed by atoms with van der Waals surface area (Å²) >= 11 is 3.30. The molecule has 0 aliphatic carbocycles. The Morgan fingerprint density at radius 1 is 1.21 bits per heavy atom. The third-order valence-electron chi connectivity index (χ3n) is 3.79. The number of aromatic nitrogens is 1. The highest BCUT2D eigenvalue weighted by Crippen LogP contribution is 2.17. The Hall–Kier alpha value is -1.92. The third kappa shape index (κ3) is 4.33. The fourth-order valence-electron chi connectivity index (χ4n) is 2.52. The number of Topliss-reactive ketones (excluding diaryl/α,β-unsaturated/α-hetero) is 1. The van der Waals surface area contributed by atoms with Crippen molar-refractivity contribution < 1.29 is 19.1 Å². The van der Waals surface area contributed by atoms with Crippen molar-refractivity contribution in [3.05, 3.63) is 57.3 Å². The Bertz CT molecular complexity index is 751. The molecule has 0 saturated heterocycles. The van der Waals surface area contributed by atoms with Gasteiger partial charge in [-0.3, -0.25) is 4.79 Å². The number of carbonyl (C=O) groups excluding carboxylic acids is 2. The van der Waals surface area contributed by atoms with E-state index in [0.717, 1.165) is 15.9 Å². The van der Waals surface area contributed by atoms with E-state index in [1.807, 2.05) is 30.5 Å². The van der Waals surface area contributed by atoms with Gasteiger partial charge in [-0.1, -0.05) is 22.0 Å². The number of ether oxygens (including phenoxy) is 2. The summed E-state index contributed by atoms with van der Waals surface area (Å²) in [5, 5.41) is 0. The molecule has 0 N–H and O–H groups in total. The molecule has 0 fully saturated rings. The van der Waals surface area contributed by atoms with Gasteiger partial charge < -0.3 is 14.0 Å². The number of carbonyl (C=O) groups is 2. The summed E-state index contributed by atoms with van der Waals surface area (Å²) in [6.07, 6.45) is 0. The van der Waals surface area contributed by atoms with Crippen LogP contribution in [-0.2, 0) is 16.0 Å². The molecule has 1 aromatic carbocycles. The largest absolute Gasteiger partial charge is 0.454 e. The Morgan fingerprint density at radius 3 is 2.62 bits per heavy atom. The molecule has 0 unspecified atom stereocenters. The second-order valence-corrected chi connectivity index (χ2v) is 6.35. The van der Waals surface area contributed by atoms with Crippen LogP contribution in [0.5, 0.6) is 0 Å². The number of benzene rings is 1. The Labute approximate surface area is 149 Å². The quantitative estimate of drug-likeness (QED) is 0.533. The zero-order valence-corrected chi connectivity index (χ0v) is 15.6. The lowest BCUT2D eigenvalue weighted by atomic mass is 10.1. The van der Waals surface area contributed by atoms with Crippen LogP contribution in [0.1, 0.15) is 32.1 Å². The molecule has 0 saturated carbocycles. The number of nitrogens with zero attached hydrogens (tertiary/aromatic N) is 1. The van der Waals surface area contributed by atoms with E-state index in [2.05, 4.69) is 15.9 Å². The minimum Gasteiger partial charge on any atom is -0.454 e. The Kier molecular flexibility index (Phi) is 6.34. The van der Waals surface area contributed by atoms with Crippen molar-refractivity contribution in [2.75, 3.05) is 20.3 Å². The highest BCUT2D eigenvalue weighted by molar-refractivity contribution is 9.10. The number of methoxy groups -OCH3 is 1. The molecule has 2 rings (SSSR count). The van der Waals surface area contributed by atoms with Gasteiger partial charge in [0.15, 0.2) is 6.61 Å². The van der Waals surface area contributed by atoms with E-state index in [4.69, 9.17) is 9.47 Å². The van der Waals surface area contributed by atoms with E-state index in [9.17, 15) is 9.59 Å². The Morgan fingerprint density at radius 2 is 1.96 bits per heavy atom. The molecule has 2 aromatic rings. The second-order valence-electron chi connectivity index (χ2n) is 5.44. The molecule has 1 heterocycles. The van der Waals surface area contributed by atoms with E-state index in [-0.39, 0.29) is 12.4 Å². The first-order valence-electron chi connectivity index (χ1n) is 7.55. The standard InChI is InChI=1S/C18H20BrNO4/c1-12-9-16(13(2)20(12)7-8-23-3)17(21)11-24-18(22)14-5-4-6-15(19)10-14/h4-6,9-10H,7-8,11H2,1-3H3. The smallest absolute Gasteiger partial charge is 0.338 e. The lowest BCUT2D eigenvalue weighted by Crippen LogP contribution is -2.15. The fourth-order valence-corrected chi connectivity index (χ4v) is 2.92. The minimum absolute atomic E-state index is 0.213. The first-order valence-corrected chi connectivity index (χ1v) is 8.35. The summed E-state index contributed by atoms with van der Waals surface area (Å²) < 4.78 is 13.0. The summed E-state index contributed by atoms with van der Waals surface area (Å²) in [5.41, 5.74) is 2.81. The second kappa shape index (κ2) is 8.26. The van der Waals surface area contributed by atoms with Crippen LogP contribution in [0.2, 0.25) is 0 Å². The third-order valence-corrected chi connectivity index (χ3v) is 4.28. The van der Waals surface area contributed by atoms with E-state index < -0.39 is 5.97 Å². The van der Waals surface area contributed by atoms with Gasteiger partial charge in [0.05, 0.1) is 12.2 Å². The van der Waals surface area contributed by atoms with Crippen molar-refractivity contribution in [1.82, 2.24) is 4.57 Å². The highest BCUT2D eigenvalue weighted by Gasteiger charge is 2.17. The van der Waals surface area contributed by atoms with Crippen LogP contribution in [0.3, 0.4) is 0 Å². The number of ketones is 1. The van der Waals surface area contributed by atoms with Crippen LogP contribution in [0.25, 0.3) is 0 Å². The van der Waals surface area contributed by atoms with Crippen molar-refractivity contribution in [2.45, 2.75) is 20.4 Å². The molecule has 0 radical (unpaired) electrons. The predicted octanol–water partition coefficient (Wildman–Crippen LogP) is 3.55. The molecule has 24 heavy (non-hydrogen) atoms. The average molecular weight is 394 g/mol. The molecule has 0 amide bonds. The Balaban J connectivity index is 2.04. The molecule has 1 aromatic heterocycles. The molecule has 6 heteroatoms. The number of hydrogen-bond acceptors (Lipinski definition) is 4. The van der Waals surface area contributed by atoms with Crippen molar-refractivity contribution in [3.8, 4) is 0 Å². The fraction of sp³-hybridized carbons (Fsp3) is 0.333. The van der Waals surface area contributed by atoms with Crippen LogP contribution in [0.15, 0.2) is 34.8 Å². The van der Waals surface area contributed by atoms with Crippen molar-refractivity contribution >= 4 is 27.7 Å². The van der Waals surface area contributed by atoms with Crippen LogP contribution in [-0.4, -0.2) is 36.6 Å². The van der Waals surface area contributed by atoms with Crippen molar-refractivity contribution in [2.24, 2.45) is 0 Å². The zero-order chi connectivity index (χ0) is 17.7. The number of rotatable bonds is 7. The van der Waals surface area contributed by atoms with Gasteiger partial charge >= 0.3 is 5.97 Å². The van der Waals surface area contributed by atoms with Gasteiger partial charge in [0.25, 0.3) is 0 Å². The average Bonchev–Trinajstić information content (AvgIpc) is 2.85. The number of aryl methyl sites for hydroxylation is 1. The summed E-state index contributed by atoms with van der Waals surface area (Å²) in [7, 11) is 1.64. The lowest BCUT2D eigenvalue weighted by Gasteiger charge is -2.09. The maximum absolute atomic E-state index is 12.4. The minimum atomic E-state index is -0.516. The maximum Gasteiger partial charge on any atom is 0.338 e. The van der Waals surface area contributed by atoms with Crippen LogP contribution < -0.4 is 0 Å². The normalized spacial score (nSPS) is 10.7. The summed E-state index contributed by atoms with van der Waals surface area (Å²) in [6.45, 7) is 4.79. The number of hydrogen-bond donors (Lipinski definition) is 0. The molecule has 0 spiro atoms. The molecular formula is C18H20BrNO4. The van der Waals surface area contributed by atoms with E-state index >= 15 is 0 Å². The van der Waals surface area contributed by atoms with Gasteiger partial charge in [0.2, 0.25) is 5.78 Å². The first-order chi connectivity index (χ1) is 11.4. The summed E-state index contributed by atoms with van der Waals surface area (Å²) in [6, 6.07) is 8.68. The number of halogens is 1. The zero-order valence-electron chi connectivity index (χ0n) is 14.0. The molecule has 5 nitrogen and oxygen atoms in total. The topological polar surface area (TPSA) is 57.5 Å². The molecule has 0 atom stereocenters. The van der Waals surface area contributed by atoms with E-state index in [0.29, 0.717) is 24.3 Å². The molecular weight excluding hydrogens is 374 g/mol. The maximum atomic E-state index is 12.4. The van der Waals surface area contributed by atoms with Crippen molar-refractivity contribution in [3.63, 3.8) is 0 Å². The SMILES string of the molecule is COCCn1c(C)cc(C(=O)COC(=O)c2cccc(Br)c2)c1C. The summed E-state index contributed by atoms with van der Waals surface area (Å²) in [4.78, 5) is 24.4. The van der Waals surface area contributed by atoms with Crippen LogP contribution in [0, 0.1) is 13.8 Å². The predicted molar refractivity (Wildman–Crippen MR) is 94.5 cm³/mol. The van der Waals surface area contributed by atoms with Gasteiger partial charge in [0, 0.05) is 35.1 Å². The van der Waals surface area contributed by atoms with Crippen LogP contribution >= 0.6 is 15.9 Å². The highest BCUT2D eigenvalue weighted by atomic mass is 79.9. The van der Waals surface area contributed by atoms with Gasteiger partial charge in [-0.15, -0.1) is 0 Å². The molecule has 128 valence electrons. The molecule has 0 bridgehead atoms.